The summed E-state index contributed by atoms with van der Waals surface area (Å²) in [6.07, 6.45) is 0. The maximum atomic E-state index is 9.23. The van der Waals surface area contributed by atoms with Crippen molar-refractivity contribution in [3.8, 4) is 5.75 Å². The molecule has 0 atom stereocenters. The molecule has 0 radical (unpaired) electrons. The Labute approximate surface area is 119 Å². The molecule has 20 heavy (non-hydrogen) atoms. The largest absolute Gasteiger partial charge is 0.494 e. The number of hydrogen-bond acceptors (Lipinski definition) is 4. The third kappa shape index (κ3) is 3.46. The number of nitrogens with one attached hydrogen (secondary N) is 1. The number of methoxy groups -OCH3 is 1. The molecule has 0 amide bonds. The lowest BCUT2D eigenvalue weighted by atomic mass is 9.95. The van der Waals surface area contributed by atoms with Crippen LogP contribution in [0.4, 0.5) is 0 Å². The van der Waals surface area contributed by atoms with E-state index in [1.807, 2.05) is 38.1 Å². The molecule has 0 aliphatic carbocycles. The smallest absolute Gasteiger partial charge is 0.145 e. The van der Waals surface area contributed by atoms with Gasteiger partial charge in [0, 0.05) is 30.5 Å². The van der Waals surface area contributed by atoms with E-state index in [4.69, 9.17) is 4.74 Å². The van der Waals surface area contributed by atoms with E-state index < -0.39 is 0 Å². The van der Waals surface area contributed by atoms with Gasteiger partial charge in [-0.1, -0.05) is 32.0 Å². The van der Waals surface area contributed by atoms with Gasteiger partial charge in [0.25, 0.3) is 0 Å². The van der Waals surface area contributed by atoms with Gasteiger partial charge in [-0.2, -0.15) is 0 Å². The number of hydrogen-bond donors (Lipinski definition) is 2. The summed E-state index contributed by atoms with van der Waals surface area (Å²) in [7, 11) is 1.66. The van der Waals surface area contributed by atoms with Crippen molar-refractivity contribution in [3.63, 3.8) is 0 Å². The number of aliphatic hydroxyl groups excluding tert-OH is 1. The molecule has 0 spiro atoms. The van der Waals surface area contributed by atoms with E-state index in [1.54, 1.807) is 7.11 Å². The fraction of sp³-hybridized carbons (Fsp3) is 0.438. The molecule has 2 aromatic rings. The van der Waals surface area contributed by atoms with Crippen LogP contribution in [-0.2, 0) is 6.54 Å². The topological polar surface area (TPSA) is 54.4 Å². The predicted molar refractivity (Wildman–Crippen MR) is 80.9 cm³/mol. The summed E-state index contributed by atoms with van der Waals surface area (Å²) in [5.41, 5.74) is 1.74. The summed E-state index contributed by atoms with van der Waals surface area (Å²) < 4.78 is 5.34. The Morgan fingerprint density at radius 2 is 2.05 bits per heavy atom. The molecule has 2 N–H and O–H groups in total. The van der Waals surface area contributed by atoms with Gasteiger partial charge in [-0.25, -0.2) is 4.98 Å². The molecule has 1 aromatic heterocycles. The van der Waals surface area contributed by atoms with Gasteiger partial charge in [0.2, 0.25) is 0 Å². The van der Waals surface area contributed by atoms with E-state index in [2.05, 4.69) is 16.4 Å². The maximum Gasteiger partial charge on any atom is 0.145 e. The molecule has 4 heteroatoms. The van der Waals surface area contributed by atoms with Crippen LogP contribution in [0.5, 0.6) is 5.75 Å². The van der Waals surface area contributed by atoms with Crippen LogP contribution in [0.3, 0.4) is 0 Å². The Balaban J connectivity index is 2.12. The molecular formula is C16H22N2O2. The first-order valence-corrected chi connectivity index (χ1v) is 6.80. The molecule has 0 unspecified atom stereocenters. The first kappa shape index (κ1) is 14.8. The number of para-hydroxylation sites is 1. The summed E-state index contributed by atoms with van der Waals surface area (Å²) in [6.45, 7) is 5.64. The number of ether oxygens (including phenoxy) is 1. The summed E-state index contributed by atoms with van der Waals surface area (Å²) in [5.74, 6) is 0.792. The van der Waals surface area contributed by atoms with Crippen LogP contribution in [0, 0.1) is 5.41 Å². The molecular weight excluding hydrogens is 252 g/mol. The minimum Gasteiger partial charge on any atom is -0.494 e. The van der Waals surface area contributed by atoms with Gasteiger partial charge in [0.05, 0.1) is 12.8 Å². The van der Waals surface area contributed by atoms with E-state index in [9.17, 15) is 5.11 Å². The fourth-order valence-corrected chi connectivity index (χ4v) is 2.01. The van der Waals surface area contributed by atoms with Gasteiger partial charge in [-0.3, -0.25) is 0 Å². The highest BCUT2D eigenvalue weighted by atomic mass is 16.5. The predicted octanol–water partition coefficient (Wildman–Crippen LogP) is 2.35. The van der Waals surface area contributed by atoms with Gasteiger partial charge in [-0.15, -0.1) is 0 Å². The molecule has 0 fully saturated rings. The highest BCUT2D eigenvalue weighted by Gasteiger charge is 2.15. The second-order valence-electron chi connectivity index (χ2n) is 5.76. The Hall–Kier alpha value is -1.65. The lowest BCUT2D eigenvalue weighted by molar-refractivity contribution is 0.156. The molecule has 2 rings (SSSR count). The zero-order valence-electron chi connectivity index (χ0n) is 12.3. The monoisotopic (exact) mass is 274 g/mol. The zero-order chi connectivity index (χ0) is 14.6. The molecule has 4 nitrogen and oxygen atoms in total. The van der Waals surface area contributed by atoms with Gasteiger partial charge < -0.3 is 15.2 Å². The first-order valence-electron chi connectivity index (χ1n) is 6.80. The van der Waals surface area contributed by atoms with Crippen molar-refractivity contribution in [2.75, 3.05) is 20.3 Å². The summed E-state index contributed by atoms with van der Waals surface area (Å²) in [5, 5.41) is 13.6. The normalized spacial score (nSPS) is 11.8. The third-order valence-corrected chi connectivity index (χ3v) is 3.30. The van der Waals surface area contributed by atoms with Gasteiger partial charge in [0.15, 0.2) is 0 Å². The van der Waals surface area contributed by atoms with E-state index in [1.165, 1.54) is 0 Å². The zero-order valence-corrected chi connectivity index (χ0v) is 12.3. The first-order chi connectivity index (χ1) is 9.55. The van der Waals surface area contributed by atoms with Crippen molar-refractivity contribution in [2.24, 2.45) is 5.41 Å². The highest BCUT2D eigenvalue weighted by Crippen LogP contribution is 2.23. The minimum atomic E-state index is -0.117. The fourth-order valence-electron chi connectivity index (χ4n) is 2.01. The molecule has 0 saturated carbocycles. The average molecular weight is 274 g/mol. The second kappa shape index (κ2) is 6.20. The van der Waals surface area contributed by atoms with Crippen LogP contribution < -0.4 is 10.1 Å². The number of aromatic nitrogens is 1. The van der Waals surface area contributed by atoms with Gasteiger partial charge in [0.1, 0.15) is 11.3 Å². The Morgan fingerprint density at radius 1 is 1.25 bits per heavy atom. The molecule has 108 valence electrons. The number of aliphatic hydroxyl groups is 1. The SMILES string of the molecule is COc1cccc2ccc(CNCC(C)(C)CO)nc12. The Morgan fingerprint density at radius 3 is 2.75 bits per heavy atom. The lowest BCUT2D eigenvalue weighted by Gasteiger charge is -2.21. The van der Waals surface area contributed by atoms with E-state index in [-0.39, 0.29) is 12.0 Å². The standard InChI is InChI=1S/C16H22N2O2/c1-16(2,11-19)10-17-9-13-8-7-12-5-4-6-14(20-3)15(12)18-13/h4-8,17,19H,9-11H2,1-3H3. The Bertz CT molecular complexity index is 582. The molecule has 0 bridgehead atoms. The summed E-state index contributed by atoms with van der Waals surface area (Å²) in [6, 6.07) is 9.97. The Kier molecular flexibility index (Phi) is 4.57. The van der Waals surface area contributed by atoms with E-state index in [0.717, 1.165) is 28.9 Å². The molecule has 0 aliphatic heterocycles. The lowest BCUT2D eigenvalue weighted by Crippen LogP contribution is -2.32. The molecule has 1 aromatic carbocycles. The molecule has 0 saturated heterocycles. The van der Waals surface area contributed by atoms with Crippen molar-refractivity contribution in [3.05, 3.63) is 36.0 Å². The summed E-state index contributed by atoms with van der Waals surface area (Å²) >= 11 is 0. The highest BCUT2D eigenvalue weighted by molar-refractivity contribution is 5.84. The maximum absolute atomic E-state index is 9.23. The molecule has 1 heterocycles. The van der Waals surface area contributed by atoms with Crippen LogP contribution in [0.25, 0.3) is 10.9 Å². The number of nitrogens with zero attached hydrogens (tertiary/aromatic N) is 1. The second-order valence-corrected chi connectivity index (χ2v) is 5.76. The number of fused-ring (bicyclic) bond motifs is 1. The van der Waals surface area contributed by atoms with Crippen molar-refractivity contribution in [1.29, 1.82) is 0 Å². The van der Waals surface area contributed by atoms with Crippen LogP contribution in [-0.4, -0.2) is 30.4 Å². The van der Waals surface area contributed by atoms with Crippen molar-refractivity contribution in [1.82, 2.24) is 10.3 Å². The number of pyridine rings is 1. The third-order valence-electron chi connectivity index (χ3n) is 3.30. The van der Waals surface area contributed by atoms with Crippen LogP contribution >= 0.6 is 0 Å². The molecule has 0 aliphatic rings. The van der Waals surface area contributed by atoms with E-state index >= 15 is 0 Å². The summed E-state index contributed by atoms with van der Waals surface area (Å²) in [4.78, 5) is 4.64. The van der Waals surface area contributed by atoms with Crippen molar-refractivity contribution in [2.45, 2.75) is 20.4 Å². The number of rotatable bonds is 6. The minimum absolute atomic E-state index is 0.117. The van der Waals surface area contributed by atoms with Gasteiger partial charge in [-0.05, 0) is 12.1 Å². The number of benzene rings is 1. The van der Waals surface area contributed by atoms with E-state index in [0.29, 0.717) is 6.54 Å². The van der Waals surface area contributed by atoms with Crippen molar-refractivity contribution < 1.29 is 9.84 Å². The van der Waals surface area contributed by atoms with Crippen LogP contribution in [0.15, 0.2) is 30.3 Å². The average Bonchev–Trinajstić information content (AvgIpc) is 2.46. The van der Waals surface area contributed by atoms with Crippen LogP contribution in [0.2, 0.25) is 0 Å². The quantitative estimate of drug-likeness (QED) is 0.849. The van der Waals surface area contributed by atoms with Crippen LogP contribution in [0.1, 0.15) is 19.5 Å². The van der Waals surface area contributed by atoms with Crippen molar-refractivity contribution >= 4 is 10.9 Å². The van der Waals surface area contributed by atoms with Gasteiger partial charge >= 0.3 is 0 Å².